The van der Waals surface area contributed by atoms with Gasteiger partial charge in [0.25, 0.3) is 0 Å². The quantitative estimate of drug-likeness (QED) is 0.424. The van der Waals surface area contributed by atoms with Gasteiger partial charge in [0, 0.05) is 6.20 Å². The molecule has 1 aliphatic rings. The fraction of sp³-hybridized carbons (Fsp3) is 0.417. The summed E-state index contributed by atoms with van der Waals surface area (Å²) in [6.45, 7) is 0.761. The molecule has 1 fully saturated rings. The number of esters is 1. The van der Waals surface area contributed by atoms with Crippen LogP contribution < -0.4 is 10.1 Å². The fourth-order valence-electron chi connectivity index (χ4n) is 3.34. The zero-order valence-electron chi connectivity index (χ0n) is 18.6. The molecule has 9 nitrogen and oxygen atoms in total. The van der Waals surface area contributed by atoms with Gasteiger partial charge >= 0.3 is 5.97 Å². The van der Waals surface area contributed by atoms with E-state index in [0.717, 1.165) is 0 Å². The number of amides is 1. The molecule has 180 valence electrons. The number of ether oxygens (including phenoxy) is 2. The lowest BCUT2D eigenvalue weighted by atomic mass is 10.0. The first-order chi connectivity index (χ1) is 16.4. The Bertz CT molecular complexity index is 1070. The number of halogens is 1. The molecule has 2 aromatic rings. The summed E-state index contributed by atoms with van der Waals surface area (Å²) in [4.78, 5) is 27.2. The van der Waals surface area contributed by atoms with Gasteiger partial charge in [-0.1, -0.05) is 19.4 Å². The lowest BCUT2D eigenvalue weighted by Gasteiger charge is -2.24. The standard InChI is InChI=1S/C24H26FN3O6/c1-2-3-21(19(30)13-33-23(31)12-29)34-20-5-4-14(8-16(20)11-26)15-6-7-27-22(9-15)28-24(32)17-10-18(17)25/h4-9,17-19,21,29-30H,2-3,10,12-13H2,1H3,(H,27,28,32)/t17-,18+,19-,21+/m1/s1. The third-order valence-corrected chi connectivity index (χ3v) is 5.32. The van der Waals surface area contributed by atoms with Gasteiger partial charge < -0.3 is 25.0 Å². The molecule has 1 heterocycles. The van der Waals surface area contributed by atoms with Crippen molar-refractivity contribution >= 4 is 17.7 Å². The molecule has 4 atom stereocenters. The van der Waals surface area contributed by atoms with Crippen LogP contribution in [-0.2, 0) is 14.3 Å². The van der Waals surface area contributed by atoms with Crippen molar-refractivity contribution in [1.82, 2.24) is 4.98 Å². The highest BCUT2D eigenvalue weighted by atomic mass is 19.1. The van der Waals surface area contributed by atoms with Gasteiger partial charge in [0.15, 0.2) is 0 Å². The molecule has 1 saturated carbocycles. The molecule has 34 heavy (non-hydrogen) atoms. The minimum atomic E-state index is -1.15. The van der Waals surface area contributed by atoms with Crippen LogP contribution in [0.15, 0.2) is 36.5 Å². The van der Waals surface area contributed by atoms with E-state index in [1.54, 1.807) is 30.3 Å². The largest absolute Gasteiger partial charge is 0.486 e. The van der Waals surface area contributed by atoms with Gasteiger partial charge in [0.1, 0.15) is 49.2 Å². The summed E-state index contributed by atoms with van der Waals surface area (Å²) in [5.74, 6) is -1.37. The maximum absolute atomic E-state index is 13.1. The summed E-state index contributed by atoms with van der Waals surface area (Å²) in [7, 11) is 0. The second-order valence-corrected chi connectivity index (χ2v) is 7.95. The lowest BCUT2D eigenvalue weighted by molar-refractivity contribution is -0.151. The Morgan fingerprint density at radius 2 is 2.06 bits per heavy atom. The number of nitriles is 1. The van der Waals surface area contributed by atoms with Crippen LogP contribution in [0.3, 0.4) is 0 Å². The summed E-state index contributed by atoms with van der Waals surface area (Å²) < 4.78 is 23.8. The summed E-state index contributed by atoms with van der Waals surface area (Å²) in [6.07, 6.45) is -0.157. The van der Waals surface area contributed by atoms with Crippen molar-refractivity contribution in [2.24, 2.45) is 5.92 Å². The van der Waals surface area contributed by atoms with Crippen molar-refractivity contribution in [2.75, 3.05) is 18.5 Å². The number of nitrogens with zero attached hydrogens (tertiary/aromatic N) is 2. The molecule has 0 saturated heterocycles. The van der Waals surface area contributed by atoms with Gasteiger partial charge in [-0.3, -0.25) is 4.79 Å². The number of pyridine rings is 1. The van der Waals surface area contributed by atoms with Gasteiger partial charge in [0.05, 0.1) is 11.5 Å². The normalized spacial score (nSPS) is 18.3. The Morgan fingerprint density at radius 1 is 1.32 bits per heavy atom. The number of hydrogen-bond donors (Lipinski definition) is 3. The number of nitrogens with one attached hydrogen (secondary N) is 1. The number of aromatic nitrogens is 1. The van der Waals surface area contributed by atoms with Crippen molar-refractivity contribution < 1.29 is 33.7 Å². The summed E-state index contributed by atoms with van der Waals surface area (Å²) in [6, 6.07) is 10.3. The Labute approximate surface area is 196 Å². The highest BCUT2D eigenvalue weighted by Gasteiger charge is 2.43. The van der Waals surface area contributed by atoms with Crippen molar-refractivity contribution in [2.45, 2.75) is 44.6 Å². The van der Waals surface area contributed by atoms with Crippen LogP contribution in [0.1, 0.15) is 31.7 Å². The number of benzene rings is 1. The number of anilines is 1. The second-order valence-electron chi connectivity index (χ2n) is 7.95. The first kappa shape index (κ1) is 25.1. The molecule has 1 aliphatic carbocycles. The molecule has 0 aliphatic heterocycles. The molecule has 10 heteroatoms. The number of rotatable bonds is 11. The van der Waals surface area contributed by atoms with E-state index in [2.05, 4.69) is 16.4 Å². The van der Waals surface area contributed by atoms with Crippen LogP contribution in [0.5, 0.6) is 5.75 Å². The van der Waals surface area contributed by atoms with Crippen LogP contribution in [0.4, 0.5) is 10.2 Å². The Morgan fingerprint density at radius 3 is 2.71 bits per heavy atom. The van der Waals surface area contributed by atoms with Crippen LogP contribution in [0, 0.1) is 17.2 Å². The zero-order chi connectivity index (χ0) is 24.7. The molecule has 0 bridgehead atoms. The number of aliphatic hydroxyl groups is 2. The van der Waals surface area contributed by atoms with E-state index in [1.807, 2.05) is 6.92 Å². The minimum absolute atomic E-state index is 0.218. The topological polar surface area (TPSA) is 142 Å². The number of aliphatic hydroxyl groups excluding tert-OH is 2. The van der Waals surface area contributed by atoms with Crippen molar-refractivity contribution in [1.29, 1.82) is 5.26 Å². The molecule has 3 N–H and O–H groups in total. The Hall–Kier alpha value is -3.55. The molecule has 1 aromatic heterocycles. The summed E-state index contributed by atoms with van der Waals surface area (Å²) in [5.41, 5.74) is 1.57. The van der Waals surface area contributed by atoms with E-state index in [1.165, 1.54) is 6.20 Å². The molecule has 0 unspecified atom stereocenters. The monoisotopic (exact) mass is 471 g/mol. The molecule has 0 radical (unpaired) electrons. The van der Waals surface area contributed by atoms with Crippen LogP contribution in [-0.4, -0.2) is 58.7 Å². The third kappa shape index (κ3) is 6.50. The SMILES string of the molecule is CCC[C@H](Oc1ccc(-c2ccnc(NC(=O)[C@@H]3C[C@@H]3F)c2)cc1C#N)[C@H](O)COC(=O)CO. The van der Waals surface area contributed by atoms with E-state index in [9.17, 15) is 24.3 Å². The molecule has 3 rings (SSSR count). The van der Waals surface area contributed by atoms with Crippen molar-refractivity contribution in [3.8, 4) is 22.9 Å². The summed E-state index contributed by atoms with van der Waals surface area (Å²) in [5, 5.41) is 31.4. The van der Waals surface area contributed by atoms with Crippen molar-refractivity contribution in [3.05, 3.63) is 42.1 Å². The van der Waals surface area contributed by atoms with Gasteiger partial charge in [-0.15, -0.1) is 0 Å². The fourth-order valence-corrected chi connectivity index (χ4v) is 3.34. The molecular weight excluding hydrogens is 445 g/mol. The minimum Gasteiger partial charge on any atom is -0.486 e. The van der Waals surface area contributed by atoms with Gasteiger partial charge in [-0.05, 0) is 48.2 Å². The summed E-state index contributed by atoms with van der Waals surface area (Å²) >= 11 is 0. The number of alkyl halides is 1. The van der Waals surface area contributed by atoms with E-state index in [0.29, 0.717) is 24.0 Å². The van der Waals surface area contributed by atoms with E-state index in [4.69, 9.17) is 14.6 Å². The first-order valence-electron chi connectivity index (χ1n) is 10.9. The van der Waals surface area contributed by atoms with Gasteiger partial charge in [-0.25, -0.2) is 14.2 Å². The van der Waals surface area contributed by atoms with Crippen LogP contribution >= 0.6 is 0 Å². The zero-order valence-corrected chi connectivity index (χ0v) is 18.6. The predicted octanol–water partition coefficient (Wildman–Crippen LogP) is 2.36. The maximum atomic E-state index is 13.1. The maximum Gasteiger partial charge on any atom is 0.331 e. The van der Waals surface area contributed by atoms with E-state index in [-0.39, 0.29) is 30.2 Å². The average molecular weight is 471 g/mol. The highest BCUT2D eigenvalue weighted by molar-refractivity contribution is 5.94. The Kier molecular flexibility index (Phi) is 8.51. The lowest BCUT2D eigenvalue weighted by Crippen LogP contribution is -2.36. The molecule has 1 amide bonds. The average Bonchev–Trinajstić information content (AvgIpc) is 3.59. The number of hydrogen-bond acceptors (Lipinski definition) is 8. The van der Waals surface area contributed by atoms with Gasteiger partial charge in [-0.2, -0.15) is 5.26 Å². The van der Waals surface area contributed by atoms with E-state index >= 15 is 0 Å². The smallest absolute Gasteiger partial charge is 0.331 e. The molecule has 0 spiro atoms. The van der Waals surface area contributed by atoms with E-state index < -0.39 is 42.8 Å². The predicted molar refractivity (Wildman–Crippen MR) is 119 cm³/mol. The van der Waals surface area contributed by atoms with Crippen LogP contribution in [0.2, 0.25) is 0 Å². The first-order valence-corrected chi connectivity index (χ1v) is 10.9. The van der Waals surface area contributed by atoms with Crippen molar-refractivity contribution in [3.63, 3.8) is 0 Å². The van der Waals surface area contributed by atoms with Gasteiger partial charge in [0.2, 0.25) is 5.91 Å². The third-order valence-electron chi connectivity index (χ3n) is 5.32. The molecule has 1 aromatic carbocycles. The molecular formula is C24H26FN3O6. The Balaban J connectivity index is 1.74. The highest BCUT2D eigenvalue weighted by Crippen LogP contribution is 2.35. The van der Waals surface area contributed by atoms with Crippen LogP contribution in [0.25, 0.3) is 11.1 Å². The number of carbonyl (C=O) groups is 2. The second kappa shape index (κ2) is 11.5. The number of carbonyl (C=O) groups excluding carboxylic acids is 2.